The first-order valence-corrected chi connectivity index (χ1v) is 7.98. The van der Waals surface area contributed by atoms with Gasteiger partial charge in [0.05, 0.1) is 24.6 Å². The molecule has 1 aliphatic rings. The number of anilines is 2. The highest BCUT2D eigenvalue weighted by molar-refractivity contribution is 5.69. The number of nitrogen functional groups attached to an aromatic ring is 1. The van der Waals surface area contributed by atoms with Crippen LogP contribution in [0.5, 0.6) is 5.75 Å². The Balaban J connectivity index is 2.02. The molecule has 0 radical (unpaired) electrons. The molecular formula is C19H21N3O. The van der Waals surface area contributed by atoms with E-state index >= 15 is 0 Å². The van der Waals surface area contributed by atoms with Gasteiger partial charge in [0.15, 0.2) is 0 Å². The molecule has 2 N–H and O–H groups in total. The summed E-state index contributed by atoms with van der Waals surface area (Å²) in [6.07, 6.45) is 0. The second-order valence-corrected chi connectivity index (χ2v) is 5.66. The van der Waals surface area contributed by atoms with Crippen molar-refractivity contribution in [3.63, 3.8) is 0 Å². The Kier molecular flexibility index (Phi) is 4.12. The number of nitriles is 1. The highest BCUT2D eigenvalue weighted by Gasteiger charge is 2.38. The summed E-state index contributed by atoms with van der Waals surface area (Å²) in [6.45, 7) is 5.55. The van der Waals surface area contributed by atoms with Crippen LogP contribution in [0.15, 0.2) is 42.5 Å². The Bertz CT molecular complexity index is 733. The van der Waals surface area contributed by atoms with Crippen molar-refractivity contribution in [2.45, 2.75) is 25.8 Å². The highest BCUT2D eigenvalue weighted by Crippen LogP contribution is 2.49. The molecule has 0 saturated heterocycles. The molecule has 2 aromatic rings. The minimum absolute atomic E-state index is 0.0116. The summed E-state index contributed by atoms with van der Waals surface area (Å²) in [7, 11) is 0. The summed E-state index contributed by atoms with van der Waals surface area (Å²) in [4.78, 5) is 2.26. The SMILES string of the molecule is CCOc1ccc(C2C(C#N)c3ccc(N)cc3N2CC)cc1. The van der Waals surface area contributed by atoms with Gasteiger partial charge in [0.1, 0.15) is 5.75 Å². The van der Waals surface area contributed by atoms with Crippen molar-refractivity contribution in [2.24, 2.45) is 0 Å². The number of rotatable bonds is 4. The quantitative estimate of drug-likeness (QED) is 0.871. The lowest BCUT2D eigenvalue weighted by molar-refractivity contribution is 0.340. The Morgan fingerprint density at radius 2 is 1.91 bits per heavy atom. The zero-order valence-corrected chi connectivity index (χ0v) is 13.5. The molecule has 0 aromatic heterocycles. The lowest BCUT2D eigenvalue weighted by Gasteiger charge is -2.28. The van der Waals surface area contributed by atoms with Crippen LogP contribution in [-0.2, 0) is 0 Å². The van der Waals surface area contributed by atoms with Crippen molar-refractivity contribution >= 4 is 11.4 Å². The van der Waals surface area contributed by atoms with Crippen molar-refractivity contribution in [3.05, 3.63) is 53.6 Å². The van der Waals surface area contributed by atoms with E-state index in [2.05, 4.69) is 30.0 Å². The van der Waals surface area contributed by atoms with Crippen molar-refractivity contribution in [3.8, 4) is 11.8 Å². The third kappa shape index (κ3) is 2.59. The number of benzene rings is 2. The number of likely N-dealkylation sites (N-methyl/N-ethyl adjacent to an activating group) is 1. The fourth-order valence-electron chi connectivity index (χ4n) is 3.38. The Morgan fingerprint density at radius 3 is 2.52 bits per heavy atom. The average Bonchev–Trinajstić information content (AvgIpc) is 2.88. The van der Waals surface area contributed by atoms with Gasteiger partial charge in [-0.15, -0.1) is 0 Å². The van der Waals surface area contributed by atoms with Gasteiger partial charge in [-0.1, -0.05) is 18.2 Å². The fraction of sp³-hybridized carbons (Fsp3) is 0.316. The molecule has 0 spiro atoms. The third-order valence-electron chi connectivity index (χ3n) is 4.36. The maximum absolute atomic E-state index is 9.73. The Morgan fingerprint density at radius 1 is 1.17 bits per heavy atom. The van der Waals surface area contributed by atoms with E-state index in [1.54, 1.807) is 0 Å². The van der Waals surface area contributed by atoms with Crippen molar-refractivity contribution < 1.29 is 4.74 Å². The molecule has 0 aliphatic carbocycles. The molecule has 4 nitrogen and oxygen atoms in total. The summed E-state index contributed by atoms with van der Waals surface area (Å²) in [6, 6.07) is 16.4. The molecular weight excluding hydrogens is 286 g/mol. The topological polar surface area (TPSA) is 62.3 Å². The van der Waals surface area contributed by atoms with Gasteiger partial charge in [-0.25, -0.2) is 0 Å². The van der Waals surface area contributed by atoms with E-state index in [-0.39, 0.29) is 12.0 Å². The number of hydrogen-bond acceptors (Lipinski definition) is 4. The monoisotopic (exact) mass is 307 g/mol. The van der Waals surface area contributed by atoms with E-state index in [4.69, 9.17) is 10.5 Å². The maximum atomic E-state index is 9.73. The molecule has 2 atom stereocenters. The molecule has 118 valence electrons. The van der Waals surface area contributed by atoms with Crippen LogP contribution < -0.4 is 15.4 Å². The predicted octanol–water partition coefficient (Wildman–Crippen LogP) is 3.86. The summed E-state index contributed by atoms with van der Waals surface area (Å²) in [5, 5.41) is 9.73. The molecule has 2 unspecified atom stereocenters. The smallest absolute Gasteiger partial charge is 0.119 e. The second kappa shape index (κ2) is 6.21. The van der Waals surface area contributed by atoms with Crippen LogP contribution in [0, 0.1) is 11.3 Å². The first-order chi connectivity index (χ1) is 11.2. The van der Waals surface area contributed by atoms with Crippen molar-refractivity contribution in [1.82, 2.24) is 0 Å². The van der Waals surface area contributed by atoms with Crippen LogP contribution in [0.4, 0.5) is 11.4 Å². The van der Waals surface area contributed by atoms with Crippen LogP contribution in [-0.4, -0.2) is 13.2 Å². The molecule has 1 heterocycles. The fourth-order valence-corrected chi connectivity index (χ4v) is 3.38. The van der Waals surface area contributed by atoms with Gasteiger partial charge in [0.2, 0.25) is 0 Å². The van der Waals surface area contributed by atoms with E-state index in [1.807, 2.05) is 37.3 Å². The molecule has 2 aromatic carbocycles. The van der Waals surface area contributed by atoms with E-state index in [0.717, 1.165) is 34.8 Å². The van der Waals surface area contributed by atoms with Crippen LogP contribution >= 0.6 is 0 Å². The predicted molar refractivity (Wildman–Crippen MR) is 92.6 cm³/mol. The van der Waals surface area contributed by atoms with Gasteiger partial charge >= 0.3 is 0 Å². The van der Waals surface area contributed by atoms with Gasteiger partial charge in [-0.2, -0.15) is 5.26 Å². The molecule has 0 amide bonds. The normalized spacial score (nSPS) is 19.3. The lowest BCUT2D eigenvalue weighted by Crippen LogP contribution is -2.26. The first kappa shape index (κ1) is 15.2. The van der Waals surface area contributed by atoms with Crippen LogP contribution in [0.2, 0.25) is 0 Å². The zero-order valence-electron chi connectivity index (χ0n) is 13.5. The third-order valence-corrected chi connectivity index (χ3v) is 4.36. The second-order valence-electron chi connectivity index (χ2n) is 5.66. The molecule has 23 heavy (non-hydrogen) atoms. The van der Waals surface area contributed by atoms with Gasteiger partial charge < -0.3 is 15.4 Å². The number of nitrogens with two attached hydrogens (primary N) is 1. The number of ether oxygens (including phenoxy) is 1. The molecule has 0 saturated carbocycles. The van der Waals surface area contributed by atoms with Gasteiger partial charge in [0, 0.05) is 17.9 Å². The van der Waals surface area contributed by atoms with Crippen molar-refractivity contribution in [1.29, 1.82) is 5.26 Å². The van der Waals surface area contributed by atoms with Crippen LogP contribution in [0.25, 0.3) is 0 Å². The summed E-state index contributed by atoms with van der Waals surface area (Å²) >= 11 is 0. The van der Waals surface area contributed by atoms with Crippen molar-refractivity contribution in [2.75, 3.05) is 23.8 Å². The molecule has 0 bridgehead atoms. The average molecular weight is 307 g/mol. The van der Waals surface area contributed by atoms with E-state index in [1.165, 1.54) is 0 Å². The number of fused-ring (bicyclic) bond motifs is 1. The van der Waals surface area contributed by atoms with Gasteiger partial charge in [-0.05, 0) is 49.2 Å². The summed E-state index contributed by atoms with van der Waals surface area (Å²) in [5.41, 5.74) is 9.92. The van der Waals surface area contributed by atoms with Gasteiger partial charge in [0.25, 0.3) is 0 Å². The minimum atomic E-state index is -0.191. The summed E-state index contributed by atoms with van der Waals surface area (Å²) in [5.74, 6) is 0.663. The van der Waals surface area contributed by atoms with E-state index < -0.39 is 0 Å². The Hall–Kier alpha value is -2.67. The zero-order chi connectivity index (χ0) is 16.4. The van der Waals surface area contributed by atoms with Gasteiger partial charge in [-0.3, -0.25) is 0 Å². The molecule has 0 fully saturated rings. The largest absolute Gasteiger partial charge is 0.494 e. The van der Waals surface area contributed by atoms with E-state index in [0.29, 0.717) is 6.61 Å². The maximum Gasteiger partial charge on any atom is 0.119 e. The van der Waals surface area contributed by atoms with Crippen LogP contribution in [0.3, 0.4) is 0 Å². The molecule has 3 rings (SSSR count). The molecule has 1 aliphatic heterocycles. The molecule has 4 heteroatoms. The van der Waals surface area contributed by atoms with E-state index in [9.17, 15) is 5.26 Å². The lowest BCUT2D eigenvalue weighted by atomic mass is 9.91. The standard InChI is InChI=1S/C19H21N3O/c1-3-22-18-11-14(21)7-10-16(18)17(12-20)19(22)13-5-8-15(9-6-13)23-4-2/h5-11,17,19H,3-4,21H2,1-2H3. The first-order valence-electron chi connectivity index (χ1n) is 7.98. The number of hydrogen-bond donors (Lipinski definition) is 1. The highest BCUT2D eigenvalue weighted by atomic mass is 16.5. The summed E-state index contributed by atoms with van der Waals surface area (Å²) < 4.78 is 5.51. The Labute approximate surface area is 137 Å². The number of nitrogens with zero attached hydrogens (tertiary/aromatic N) is 2. The minimum Gasteiger partial charge on any atom is -0.494 e. The van der Waals surface area contributed by atoms with Crippen LogP contribution in [0.1, 0.15) is 36.9 Å².